The molecule has 1 atom stereocenters. The molecule has 21 heavy (non-hydrogen) atoms. The Morgan fingerprint density at radius 2 is 1.81 bits per heavy atom. The third kappa shape index (κ3) is 2.63. The van der Waals surface area contributed by atoms with Crippen molar-refractivity contribution in [3.05, 3.63) is 72.8 Å². The number of amides is 1. The number of fused-ring (bicyclic) bond motifs is 1. The quantitative estimate of drug-likeness (QED) is 0.847. The zero-order valence-corrected chi connectivity index (χ0v) is 11.6. The molecular formula is C18H16N2O. The highest BCUT2D eigenvalue weighted by Crippen LogP contribution is 2.31. The lowest BCUT2D eigenvalue weighted by molar-refractivity contribution is -0.117. The number of rotatable bonds is 3. The summed E-state index contributed by atoms with van der Waals surface area (Å²) in [5.74, 6) is -0.361. The summed E-state index contributed by atoms with van der Waals surface area (Å²) in [7, 11) is 0. The van der Waals surface area contributed by atoms with E-state index >= 15 is 0 Å². The molecule has 1 unspecified atom stereocenters. The van der Waals surface area contributed by atoms with Crippen LogP contribution in [0.3, 0.4) is 0 Å². The summed E-state index contributed by atoms with van der Waals surface area (Å²) in [6, 6.07) is 17.4. The number of aliphatic imine (C=N–C) groups is 1. The van der Waals surface area contributed by atoms with E-state index in [0.29, 0.717) is 6.42 Å². The maximum atomic E-state index is 12.5. The van der Waals surface area contributed by atoms with Crippen LogP contribution in [-0.2, 0) is 4.79 Å². The Bertz CT molecular complexity index is 704. The number of allylic oxidation sites excluding steroid dienone is 1. The van der Waals surface area contributed by atoms with Crippen LogP contribution in [0, 0.1) is 5.92 Å². The van der Waals surface area contributed by atoms with Gasteiger partial charge in [-0.1, -0.05) is 48.5 Å². The first-order chi connectivity index (χ1) is 10.3. The summed E-state index contributed by atoms with van der Waals surface area (Å²) in [5, 5.41) is 2.96. The average Bonchev–Trinajstić information content (AvgIpc) is 2.66. The number of nitrogens with zero attached hydrogens (tertiary/aromatic N) is 1. The first-order valence-electron chi connectivity index (χ1n) is 6.94. The van der Waals surface area contributed by atoms with E-state index in [1.807, 2.05) is 54.6 Å². The Morgan fingerprint density at radius 1 is 1.10 bits per heavy atom. The van der Waals surface area contributed by atoms with Crippen LogP contribution in [0.4, 0.5) is 11.4 Å². The van der Waals surface area contributed by atoms with Crippen molar-refractivity contribution in [3.8, 4) is 0 Å². The fourth-order valence-electron chi connectivity index (χ4n) is 2.49. The van der Waals surface area contributed by atoms with Gasteiger partial charge in [0, 0.05) is 0 Å². The van der Waals surface area contributed by atoms with Gasteiger partial charge in [0.1, 0.15) is 0 Å². The summed E-state index contributed by atoms with van der Waals surface area (Å²) in [6.07, 6.45) is 2.33. The molecule has 0 aliphatic carbocycles. The van der Waals surface area contributed by atoms with E-state index in [2.05, 4.69) is 11.9 Å². The van der Waals surface area contributed by atoms with Crippen molar-refractivity contribution in [2.24, 2.45) is 10.9 Å². The summed E-state index contributed by atoms with van der Waals surface area (Å²) in [6.45, 7) is 3.76. The van der Waals surface area contributed by atoms with Gasteiger partial charge in [-0.15, -0.1) is 6.58 Å². The van der Waals surface area contributed by atoms with Crippen LogP contribution in [0.25, 0.3) is 0 Å². The van der Waals surface area contributed by atoms with Gasteiger partial charge in [-0.05, 0) is 24.1 Å². The van der Waals surface area contributed by atoms with Crippen molar-refractivity contribution in [2.45, 2.75) is 6.42 Å². The van der Waals surface area contributed by atoms with Crippen molar-refractivity contribution < 1.29 is 4.79 Å². The molecule has 3 rings (SSSR count). The highest BCUT2D eigenvalue weighted by atomic mass is 16.1. The van der Waals surface area contributed by atoms with Gasteiger partial charge in [-0.25, -0.2) is 4.99 Å². The second-order valence-electron chi connectivity index (χ2n) is 4.95. The predicted molar refractivity (Wildman–Crippen MR) is 86.0 cm³/mol. The maximum absolute atomic E-state index is 12.5. The van der Waals surface area contributed by atoms with E-state index in [0.717, 1.165) is 22.6 Å². The Kier molecular flexibility index (Phi) is 3.65. The summed E-state index contributed by atoms with van der Waals surface area (Å²) in [4.78, 5) is 17.3. The zero-order valence-electron chi connectivity index (χ0n) is 11.6. The third-order valence-corrected chi connectivity index (χ3v) is 3.52. The molecule has 3 nitrogen and oxygen atoms in total. The molecule has 3 heteroatoms. The van der Waals surface area contributed by atoms with E-state index in [4.69, 9.17) is 4.99 Å². The molecule has 1 heterocycles. The number of carbonyl (C=O) groups is 1. The van der Waals surface area contributed by atoms with Gasteiger partial charge in [-0.2, -0.15) is 0 Å². The molecule has 1 aliphatic rings. The van der Waals surface area contributed by atoms with Gasteiger partial charge >= 0.3 is 0 Å². The van der Waals surface area contributed by atoms with Gasteiger partial charge in [0.25, 0.3) is 0 Å². The Labute approximate surface area is 124 Å². The fourth-order valence-corrected chi connectivity index (χ4v) is 2.49. The Morgan fingerprint density at radius 3 is 2.57 bits per heavy atom. The normalized spacial score (nSPS) is 17.2. The maximum Gasteiger partial charge on any atom is 0.233 e. The van der Waals surface area contributed by atoms with Crippen LogP contribution < -0.4 is 5.32 Å². The van der Waals surface area contributed by atoms with Crippen molar-refractivity contribution in [3.63, 3.8) is 0 Å². The van der Waals surface area contributed by atoms with E-state index in [-0.39, 0.29) is 11.8 Å². The van der Waals surface area contributed by atoms with Crippen LogP contribution in [-0.4, -0.2) is 11.6 Å². The van der Waals surface area contributed by atoms with Crippen LogP contribution in [0.2, 0.25) is 0 Å². The lowest BCUT2D eigenvalue weighted by Crippen LogP contribution is -2.28. The third-order valence-electron chi connectivity index (χ3n) is 3.52. The topological polar surface area (TPSA) is 41.5 Å². The van der Waals surface area contributed by atoms with Crippen molar-refractivity contribution in [1.82, 2.24) is 0 Å². The standard InChI is InChI=1S/C18H16N2O/c1-2-8-14-17(13-9-4-3-5-10-13)19-15-11-6-7-12-16(15)20-18(14)21/h2-7,9-12,14H,1,8H2,(H,20,21). The van der Waals surface area contributed by atoms with E-state index in [9.17, 15) is 4.79 Å². The predicted octanol–water partition coefficient (Wildman–Crippen LogP) is 3.95. The van der Waals surface area contributed by atoms with E-state index in [1.54, 1.807) is 6.08 Å². The van der Waals surface area contributed by atoms with Crippen molar-refractivity contribution in [1.29, 1.82) is 0 Å². The summed E-state index contributed by atoms with van der Waals surface area (Å²) < 4.78 is 0. The molecule has 0 fully saturated rings. The lowest BCUT2D eigenvalue weighted by Gasteiger charge is -2.14. The van der Waals surface area contributed by atoms with Crippen LogP contribution in [0.1, 0.15) is 12.0 Å². The molecule has 0 spiro atoms. The van der Waals surface area contributed by atoms with Gasteiger partial charge in [0.15, 0.2) is 0 Å². The monoisotopic (exact) mass is 276 g/mol. The molecule has 0 radical (unpaired) electrons. The fraction of sp³-hybridized carbons (Fsp3) is 0.111. The van der Waals surface area contributed by atoms with Crippen molar-refractivity contribution >= 4 is 23.0 Å². The summed E-state index contributed by atoms with van der Waals surface area (Å²) >= 11 is 0. The Hall–Kier alpha value is -2.68. The van der Waals surface area contributed by atoms with E-state index in [1.165, 1.54) is 0 Å². The largest absolute Gasteiger partial charge is 0.324 e. The zero-order chi connectivity index (χ0) is 14.7. The van der Waals surface area contributed by atoms with Crippen LogP contribution in [0.5, 0.6) is 0 Å². The minimum Gasteiger partial charge on any atom is -0.324 e. The molecule has 0 saturated heterocycles. The second-order valence-corrected chi connectivity index (χ2v) is 4.95. The molecule has 1 N–H and O–H groups in total. The minimum atomic E-state index is -0.322. The SMILES string of the molecule is C=CCC1C(=O)Nc2ccccc2N=C1c1ccccc1. The highest BCUT2D eigenvalue weighted by Gasteiger charge is 2.27. The molecule has 0 saturated carbocycles. The molecule has 0 aromatic heterocycles. The van der Waals surface area contributed by atoms with Gasteiger partial charge in [0.05, 0.1) is 23.0 Å². The number of benzene rings is 2. The number of nitrogens with one attached hydrogen (secondary N) is 1. The number of carbonyl (C=O) groups excluding carboxylic acids is 1. The molecule has 2 aromatic rings. The molecule has 1 amide bonds. The average molecular weight is 276 g/mol. The molecule has 0 bridgehead atoms. The number of anilines is 1. The van der Waals surface area contributed by atoms with Gasteiger partial charge < -0.3 is 5.32 Å². The first kappa shape index (κ1) is 13.3. The molecular weight excluding hydrogens is 260 g/mol. The van der Waals surface area contributed by atoms with Gasteiger partial charge in [0.2, 0.25) is 5.91 Å². The Balaban J connectivity index is 2.16. The number of hydrogen-bond donors (Lipinski definition) is 1. The molecule has 2 aromatic carbocycles. The number of hydrogen-bond acceptors (Lipinski definition) is 2. The molecule has 1 aliphatic heterocycles. The van der Waals surface area contributed by atoms with E-state index < -0.39 is 0 Å². The van der Waals surface area contributed by atoms with Gasteiger partial charge in [-0.3, -0.25) is 4.79 Å². The summed E-state index contributed by atoms with van der Waals surface area (Å²) in [5.41, 5.74) is 3.30. The highest BCUT2D eigenvalue weighted by molar-refractivity contribution is 6.19. The second kappa shape index (κ2) is 5.75. The first-order valence-corrected chi connectivity index (χ1v) is 6.94. The molecule has 104 valence electrons. The van der Waals surface area contributed by atoms with Crippen molar-refractivity contribution in [2.75, 3.05) is 5.32 Å². The lowest BCUT2D eigenvalue weighted by atomic mass is 9.93. The minimum absolute atomic E-state index is 0.0394. The van der Waals surface area contributed by atoms with Crippen LogP contribution in [0.15, 0.2) is 72.2 Å². The number of para-hydroxylation sites is 2. The smallest absolute Gasteiger partial charge is 0.233 e. The van der Waals surface area contributed by atoms with Crippen LogP contribution >= 0.6 is 0 Å².